The van der Waals surface area contributed by atoms with Crippen molar-refractivity contribution in [1.82, 2.24) is 10.2 Å². The fraction of sp³-hybridized carbons (Fsp3) is 0.211. The molecule has 0 atom stereocenters. The quantitative estimate of drug-likeness (QED) is 0.606. The summed E-state index contributed by atoms with van der Waals surface area (Å²) in [6, 6.07) is 15.7. The molecule has 0 aliphatic heterocycles. The molecule has 26 heavy (non-hydrogen) atoms. The van der Waals surface area contributed by atoms with Crippen molar-refractivity contribution in [2.24, 2.45) is 0 Å². The second kappa shape index (κ2) is 8.91. The van der Waals surface area contributed by atoms with Gasteiger partial charge in [0.1, 0.15) is 10.8 Å². The largest absolute Gasteiger partial charge is 0.497 e. The third kappa shape index (κ3) is 5.37. The molecule has 1 heterocycles. The molecule has 0 saturated carbocycles. The van der Waals surface area contributed by atoms with Crippen LogP contribution in [0.2, 0.25) is 0 Å². The number of nitrogens with one attached hydrogen (secondary N) is 1. The van der Waals surface area contributed by atoms with Gasteiger partial charge in [-0.05, 0) is 41.8 Å². The molecule has 134 valence electrons. The van der Waals surface area contributed by atoms with Gasteiger partial charge in [0.2, 0.25) is 11.0 Å². The monoisotopic (exact) mass is 431 g/mol. The molecule has 5 nitrogen and oxygen atoms in total. The van der Waals surface area contributed by atoms with Gasteiger partial charge >= 0.3 is 0 Å². The zero-order valence-electron chi connectivity index (χ0n) is 14.2. The number of hydrogen-bond acceptors (Lipinski definition) is 5. The molecule has 0 bridgehead atoms. The highest BCUT2D eigenvalue weighted by Gasteiger charge is 2.09. The summed E-state index contributed by atoms with van der Waals surface area (Å²) in [6.45, 7) is 0. The number of anilines is 1. The van der Waals surface area contributed by atoms with Crippen molar-refractivity contribution < 1.29 is 9.53 Å². The second-order valence-corrected chi connectivity index (χ2v) is 7.68. The number of rotatable bonds is 7. The first-order valence-electron chi connectivity index (χ1n) is 8.12. The predicted octanol–water partition coefficient (Wildman–Crippen LogP) is 4.28. The molecule has 3 rings (SSSR count). The van der Waals surface area contributed by atoms with Gasteiger partial charge in [-0.15, -0.1) is 10.2 Å². The van der Waals surface area contributed by atoms with Crippen LogP contribution in [0.15, 0.2) is 53.0 Å². The van der Waals surface area contributed by atoms with Gasteiger partial charge in [0.05, 0.1) is 13.5 Å². The topological polar surface area (TPSA) is 64.1 Å². The van der Waals surface area contributed by atoms with Crippen LogP contribution in [-0.4, -0.2) is 23.2 Å². The molecular formula is C19H18BrN3O2S. The molecule has 0 fully saturated rings. The molecular weight excluding hydrogens is 414 g/mol. The van der Waals surface area contributed by atoms with Gasteiger partial charge in [-0.3, -0.25) is 4.79 Å². The lowest BCUT2D eigenvalue weighted by Crippen LogP contribution is -2.14. The van der Waals surface area contributed by atoms with Gasteiger partial charge in [-0.1, -0.05) is 51.5 Å². The Morgan fingerprint density at radius 1 is 1.04 bits per heavy atom. The van der Waals surface area contributed by atoms with Gasteiger partial charge in [0.15, 0.2) is 0 Å². The summed E-state index contributed by atoms with van der Waals surface area (Å²) in [6.07, 6.45) is 1.96. The van der Waals surface area contributed by atoms with E-state index in [1.165, 1.54) is 16.9 Å². The van der Waals surface area contributed by atoms with Gasteiger partial charge in [0.25, 0.3) is 0 Å². The van der Waals surface area contributed by atoms with E-state index in [1.54, 1.807) is 7.11 Å². The van der Waals surface area contributed by atoms with Gasteiger partial charge in [-0.25, -0.2) is 0 Å². The number of benzene rings is 2. The lowest BCUT2D eigenvalue weighted by atomic mass is 10.1. The Labute approximate surface area is 164 Å². The van der Waals surface area contributed by atoms with E-state index in [2.05, 4.69) is 31.4 Å². The Morgan fingerprint density at radius 3 is 2.42 bits per heavy atom. The highest BCUT2D eigenvalue weighted by Crippen LogP contribution is 2.19. The molecule has 0 spiro atoms. The van der Waals surface area contributed by atoms with E-state index in [-0.39, 0.29) is 5.91 Å². The smallest absolute Gasteiger partial charge is 0.230 e. The summed E-state index contributed by atoms with van der Waals surface area (Å²) in [4.78, 5) is 12.1. The normalized spacial score (nSPS) is 10.5. The Balaban J connectivity index is 1.50. The molecule has 7 heteroatoms. The summed E-state index contributed by atoms with van der Waals surface area (Å²) < 4.78 is 6.15. The number of methoxy groups -OCH3 is 1. The van der Waals surface area contributed by atoms with E-state index in [0.717, 1.165) is 33.6 Å². The summed E-state index contributed by atoms with van der Waals surface area (Å²) in [5.74, 6) is 0.755. The number of hydrogen-bond donors (Lipinski definition) is 1. The molecule has 0 saturated heterocycles. The molecule has 0 aliphatic rings. The first-order valence-corrected chi connectivity index (χ1v) is 9.73. The third-order valence-corrected chi connectivity index (χ3v) is 5.20. The van der Waals surface area contributed by atoms with Crippen molar-refractivity contribution in [3.8, 4) is 5.75 Å². The highest BCUT2D eigenvalue weighted by atomic mass is 79.9. The summed E-state index contributed by atoms with van der Waals surface area (Å²) in [5.41, 5.74) is 2.16. The average Bonchev–Trinajstić information content (AvgIpc) is 3.09. The number of amides is 1. The van der Waals surface area contributed by atoms with Crippen molar-refractivity contribution >= 4 is 38.3 Å². The van der Waals surface area contributed by atoms with E-state index in [1.807, 2.05) is 48.5 Å². The molecule has 2 aromatic carbocycles. The first-order chi connectivity index (χ1) is 12.6. The lowest BCUT2D eigenvalue weighted by molar-refractivity contribution is -0.115. The predicted molar refractivity (Wildman–Crippen MR) is 107 cm³/mol. The van der Waals surface area contributed by atoms with Crippen LogP contribution >= 0.6 is 27.3 Å². The fourth-order valence-electron chi connectivity index (χ4n) is 2.40. The first kappa shape index (κ1) is 18.5. The van der Waals surface area contributed by atoms with Crippen LogP contribution in [-0.2, 0) is 24.1 Å². The Bertz CT molecular complexity index is 863. The third-order valence-electron chi connectivity index (χ3n) is 3.78. The summed E-state index contributed by atoms with van der Waals surface area (Å²) in [5, 5.41) is 12.5. The second-order valence-electron chi connectivity index (χ2n) is 5.70. The molecule has 0 aliphatic carbocycles. The van der Waals surface area contributed by atoms with Gasteiger partial charge < -0.3 is 10.1 Å². The van der Waals surface area contributed by atoms with E-state index < -0.39 is 0 Å². The minimum Gasteiger partial charge on any atom is -0.497 e. The van der Waals surface area contributed by atoms with Crippen LogP contribution in [0.5, 0.6) is 5.75 Å². The van der Waals surface area contributed by atoms with Crippen molar-refractivity contribution in [3.63, 3.8) is 0 Å². The van der Waals surface area contributed by atoms with Crippen molar-refractivity contribution in [1.29, 1.82) is 0 Å². The molecule has 1 N–H and O–H groups in total. The molecule has 1 amide bonds. The Hall–Kier alpha value is -2.25. The summed E-state index contributed by atoms with van der Waals surface area (Å²) >= 11 is 4.80. The minimum absolute atomic E-state index is 0.0924. The number of carbonyl (C=O) groups excluding carboxylic acids is 1. The Kier molecular flexibility index (Phi) is 6.35. The zero-order valence-corrected chi connectivity index (χ0v) is 16.6. The highest BCUT2D eigenvalue weighted by molar-refractivity contribution is 9.10. The number of carbonyl (C=O) groups is 1. The van der Waals surface area contributed by atoms with Crippen molar-refractivity contribution in [2.45, 2.75) is 19.3 Å². The maximum Gasteiger partial charge on any atom is 0.230 e. The molecule has 0 radical (unpaired) electrons. The lowest BCUT2D eigenvalue weighted by Gasteiger charge is -2.02. The Morgan fingerprint density at radius 2 is 1.73 bits per heavy atom. The van der Waals surface area contributed by atoms with Crippen LogP contribution in [0.25, 0.3) is 0 Å². The van der Waals surface area contributed by atoms with E-state index in [4.69, 9.17) is 4.74 Å². The maximum absolute atomic E-state index is 12.1. The number of aromatic nitrogens is 2. The zero-order chi connectivity index (χ0) is 18.4. The maximum atomic E-state index is 12.1. The van der Waals surface area contributed by atoms with Crippen molar-refractivity contribution in [3.05, 3.63) is 69.1 Å². The van der Waals surface area contributed by atoms with Crippen LogP contribution < -0.4 is 10.1 Å². The molecule has 1 aromatic heterocycles. The molecule has 3 aromatic rings. The van der Waals surface area contributed by atoms with Crippen molar-refractivity contribution in [2.75, 3.05) is 12.4 Å². The van der Waals surface area contributed by atoms with Gasteiger partial charge in [0, 0.05) is 10.9 Å². The number of halogens is 1. The standard InChI is InChI=1S/C19H18BrN3O2S/c1-25-16-9-4-13(5-10-16)6-11-18-22-23-19(26-18)21-17(24)12-14-2-7-15(20)8-3-14/h2-5,7-10H,6,11-12H2,1H3,(H,21,23,24). The molecule has 0 unspecified atom stereocenters. The number of nitrogens with zero attached hydrogens (tertiary/aromatic N) is 2. The van der Waals surface area contributed by atoms with E-state index in [0.29, 0.717) is 11.6 Å². The van der Waals surface area contributed by atoms with Crippen LogP contribution in [0.1, 0.15) is 16.1 Å². The van der Waals surface area contributed by atoms with Gasteiger partial charge in [-0.2, -0.15) is 0 Å². The number of ether oxygens (including phenoxy) is 1. The SMILES string of the molecule is COc1ccc(CCc2nnc(NC(=O)Cc3ccc(Br)cc3)s2)cc1. The number of aryl methyl sites for hydroxylation is 2. The average molecular weight is 432 g/mol. The van der Waals surface area contributed by atoms with Crippen LogP contribution in [0.4, 0.5) is 5.13 Å². The fourth-order valence-corrected chi connectivity index (χ4v) is 3.42. The summed E-state index contributed by atoms with van der Waals surface area (Å²) in [7, 11) is 1.66. The van der Waals surface area contributed by atoms with Crippen LogP contribution in [0.3, 0.4) is 0 Å². The minimum atomic E-state index is -0.0924. The van der Waals surface area contributed by atoms with E-state index >= 15 is 0 Å². The van der Waals surface area contributed by atoms with E-state index in [9.17, 15) is 4.79 Å². The van der Waals surface area contributed by atoms with Crippen LogP contribution in [0, 0.1) is 0 Å².